The number of nitrogens with one attached hydrogen (secondary N) is 1. The molecule has 1 amide bonds. The van der Waals surface area contributed by atoms with Crippen LogP contribution in [0, 0.1) is 23.7 Å². The molecule has 0 atom stereocenters. The SMILES string of the molecule is Cl.NCCOc1noc(C(=O)NC2C3CC4CC(C3)CC2C4)c1Sc1ccccc1. The minimum atomic E-state index is -0.184. The van der Waals surface area contributed by atoms with E-state index in [2.05, 4.69) is 10.5 Å². The van der Waals surface area contributed by atoms with Crippen LogP contribution in [0.15, 0.2) is 44.6 Å². The van der Waals surface area contributed by atoms with Crippen LogP contribution in [-0.4, -0.2) is 30.3 Å². The van der Waals surface area contributed by atoms with Crippen molar-refractivity contribution in [3.05, 3.63) is 36.1 Å². The number of carbonyl (C=O) groups is 1. The molecule has 0 aliphatic heterocycles. The molecule has 0 spiro atoms. The van der Waals surface area contributed by atoms with Crippen LogP contribution in [0.1, 0.15) is 42.7 Å². The van der Waals surface area contributed by atoms with E-state index in [1.54, 1.807) is 0 Å². The Morgan fingerprint density at radius 2 is 1.80 bits per heavy atom. The lowest BCUT2D eigenvalue weighted by Gasteiger charge is -2.54. The normalized spacial score (nSPS) is 28.8. The van der Waals surface area contributed by atoms with Crippen molar-refractivity contribution in [1.29, 1.82) is 0 Å². The monoisotopic (exact) mass is 449 g/mol. The molecule has 8 heteroatoms. The zero-order chi connectivity index (χ0) is 19.8. The van der Waals surface area contributed by atoms with E-state index >= 15 is 0 Å². The molecule has 6 nitrogen and oxygen atoms in total. The summed E-state index contributed by atoms with van der Waals surface area (Å²) < 4.78 is 11.1. The first kappa shape index (κ1) is 21.5. The smallest absolute Gasteiger partial charge is 0.291 e. The number of hydrogen-bond acceptors (Lipinski definition) is 6. The summed E-state index contributed by atoms with van der Waals surface area (Å²) in [6.45, 7) is 0.698. The first-order valence-corrected chi connectivity index (χ1v) is 11.4. The maximum atomic E-state index is 13.2. The lowest BCUT2D eigenvalue weighted by molar-refractivity contribution is -0.0124. The number of aromatic nitrogens is 1. The molecule has 3 N–H and O–H groups in total. The van der Waals surface area contributed by atoms with Gasteiger partial charge >= 0.3 is 0 Å². The Kier molecular flexibility index (Phi) is 6.60. The number of nitrogens with two attached hydrogens (primary N) is 1. The Labute approximate surface area is 187 Å². The fourth-order valence-electron chi connectivity index (χ4n) is 5.73. The second-order valence-electron chi connectivity index (χ2n) is 8.63. The van der Waals surface area contributed by atoms with Crippen LogP contribution in [0.3, 0.4) is 0 Å². The Morgan fingerprint density at radius 3 is 2.43 bits per heavy atom. The molecule has 4 aliphatic carbocycles. The highest BCUT2D eigenvalue weighted by molar-refractivity contribution is 7.99. The lowest BCUT2D eigenvalue weighted by atomic mass is 9.54. The fourth-order valence-corrected chi connectivity index (χ4v) is 6.67. The van der Waals surface area contributed by atoms with Gasteiger partial charge in [0, 0.05) is 17.5 Å². The summed E-state index contributed by atoms with van der Waals surface area (Å²) in [5, 5.41) is 7.33. The predicted molar refractivity (Wildman–Crippen MR) is 117 cm³/mol. The van der Waals surface area contributed by atoms with Gasteiger partial charge in [0.15, 0.2) is 0 Å². The van der Waals surface area contributed by atoms with Crippen molar-refractivity contribution in [2.75, 3.05) is 13.2 Å². The van der Waals surface area contributed by atoms with E-state index in [0.29, 0.717) is 35.8 Å². The van der Waals surface area contributed by atoms with Gasteiger partial charge in [0.2, 0.25) is 5.76 Å². The minimum absolute atomic E-state index is 0. The Balaban J connectivity index is 0.00000218. The summed E-state index contributed by atoms with van der Waals surface area (Å²) in [5.41, 5.74) is 5.57. The van der Waals surface area contributed by atoms with Gasteiger partial charge < -0.3 is 20.3 Å². The third kappa shape index (κ3) is 4.20. The number of hydrogen-bond donors (Lipinski definition) is 2. The zero-order valence-electron chi connectivity index (χ0n) is 16.8. The van der Waals surface area contributed by atoms with E-state index in [9.17, 15) is 4.79 Å². The average molecular weight is 450 g/mol. The molecule has 1 aromatic heterocycles. The van der Waals surface area contributed by atoms with Gasteiger partial charge in [0.05, 0.1) is 0 Å². The highest BCUT2D eigenvalue weighted by Gasteiger charge is 2.49. The summed E-state index contributed by atoms with van der Waals surface area (Å²) in [6, 6.07) is 10.1. The minimum Gasteiger partial charge on any atom is -0.473 e. The van der Waals surface area contributed by atoms with Gasteiger partial charge in [-0.2, -0.15) is 0 Å². The van der Waals surface area contributed by atoms with Crippen LogP contribution in [0.4, 0.5) is 0 Å². The van der Waals surface area contributed by atoms with E-state index in [1.165, 1.54) is 43.9 Å². The third-order valence-corrected chi connectivity index (χ3v) is 7.74. The van der Waals surface area contributed by atoms with Gasteiger partial charge in [-0.05, 0) is 73.1 Å². The van der Waals surface area contributed by atoms with Crippen molar-refractivity contribution in [3.8, 4) is 5.88 Å². The van der Waals surface area contributed by atoms with E-state index in [0.717, 1.165) is 16.7 Å². The molecule has 2 aromatic rings. The molecule has 1 heterocycles. The van der Waals surface area contributed by atoms with Crippen LogP contribution in [0.2, 0.25) is 0 Å². The van der Waals surface area contributed by atoms with Crippen molar-refractivity contribution in [3.63, 3.8) is 0 Å². The molecule has 30 heavy (non-hydrogen) atoms. The summed E-state index contributed by atoms with van der Waals surface area (Å²) in [6.07, 6.45) is 6.42. The molecule has 0 saturated heterocycles. The summed E-state index contributed by atoms with van der Waals surface area (Å²) >= 11 is 1.43. The van der Waals surface area contributed by atoms with Crippen LogP contribution in [0.5, 0.6) is 5.88 Å². The van der Waals surface area contributed by atoms with Crippen LogP contribution >= 0.6 is 24.2 Å². The summed E-state index contributed by atoms with van der Waals surface area (Å²) in [5.74, 6) is 3.34. The maximum absolute atomic E-state index is 13.2. The second kappa shape index (κ2) is 9.20. The van der Waals surface area contributed by atoms with Crippen LogP contribution in [-0.2, 0) is 0 Å². The Hall–Kier alpha value is -1.70. The average Bonchev–Trinajstić information content (AvgIpc) is 3.11. The fraction of sp³-hybridized carbons (Fsp3) is 0.545. The maximum Gasteiger partial charge on any atom is 0.291 e. The van der Waals surface area contributed by atoms with Crippen molar-refractivity contribution in [1.82, 2.24) is 10.5 Å². The van der Waals surface area contributed by atoms with Crippen molar-refractivity contribution >= 4 is 30.1 Å². The number of benzene rings is 1. The molecular weight excluding hydrogens is 422 g/mol. The van der Waals surface area contributed by atoms with Gasteiger partial charge in [-0.25, -0.2) is 0 Å². The van der Waals surface area contributed by atoms with Gasteiger partial charge in [0.1, 0.15) is 11.5 Å². The van der Waals surface area contributed by atoms with Crippen LogP contribution in [0.25, 0.3) is 0 Å². The van der Waals surface area contributed by atoms with E-state index < -0.39 is 0 Å². The molecule has 1 aromatic carbocycles. The Bertz CT molecular complexity index is 848. The lowest BCUT2D eigenvalue weighted by Crippen LogP contribution is -2.55. The first-order chi connectivity index (χ1) is 14.2. The molecule has 4 bridgehead atoms. The van der Waals surface area contributed by atoms with Crippen molar-refractivity contribution in [2.45, 2.75) is 47.9 Å². The van der Waals surface area contributed by atoms with E-state index in [4.69, 9.17) is 15.0 Å². The zero-order valence-corrected chi connectivity index (χ0v) is 18.4. The molecule has 4 aliphatic rings. The first-order valence-electron chi connectivity index (χ1n) is 10.6. The number of ether oxygens (including phenoxy) is 1. The summed E-state index contributed by atoms with van der Waals surface area (Å²) in [7, 11) is 0. The standard InChI is InChI=1S/C22H27N3O3S.ClH/c23-6-7-27-22-20(29-17-4-2-1-3-5-17)19(28-25-22)21(26)24-18-15-9-13-8-14(11-15)12-16(18)10-13;/h1-5,13-16,18H,6-12,23H2,(H,24,26);1H. The van der Waals surface area contributed by atoms with E-state index in [1.807, 2.05) is 30.3 Å². The highest BCUT2D eigenvalue weighted by atomic mass is 35.5. The van der Waals surface area contributed by atoms with Crippen molar-refractivity contribution < 1.29 is 14.1 Å². The van der Waals surface area contributed by atoms with Crippen molar-refractivity contribution in [2.24, 2.45) is 29.4 Å². The third-order valence-electron chi connectivity index (χ3n) is 6.67. The van der Waals surface area contributed by atoms with Gasteiger partial charge in [0.25, 0.3) is 11.8 Å². The van der Waals surface area contributed by atoms with Gasteiger partial charge in [-0.1, -0.05) is 30.0 Å². The van der Waals surface area contributed by atoms with Gasteiger partial charge in [-0.3, -0.25) is 4.79 Å². The molecule has 4 saturated carbocycles. The number of carbonyl (C=O) groups excluding carboxylic acids is 1. The molecule has 6 rings (SSSR count). The molecular formula is C22H28ClN3O3S. The summed E-state index contributed by atoms with van der Waals surface area (Å²) in [4.78, 5) is 14.8. The largest absolute Gasteiger partial charge is 0.473 e. The molecule has 0 radical (unpaired) electrons. The quantitative estimate of drug-likeness (QED) is 0.660. The molecule has 4 fully saturated rings. The number of nitrogens with zero attached hydrogens (tertiary/aromatic N) is 1. The molecule has 162 valence electrons. The second-order valence-corrected chi connectivity index (χ2v) is 9.71. The highest BCUT2D eigenvalue weighted by Crippen LogP contribution is 2.53. The van der Waals surface area contributed by atoms with Gasteiger partial charge in [-0.15, -0.1) is 12.4 Å². The van der Waals surface area contributed by atoms with E-state index in [-0.39, 0.29) is 30.1 Å². The number of rotatable bonds is 7. The topological polar surface area (TPSA) is 90.4 Å². The van der Waals surface area contributed by atoms with Crippen LogP contribution < -0.4 is 15.8 Å². The Morgan fingerprint density at radius 1 is 1.13 bits per heavy atom. The predicted octanol–water partition coefficient (Wildman–Crippen LogP) is 4.14. The number of halogens is 1. The molecule has 0 unspecified atom stereocenters. The number of amides is 1.